The lowest BCUT2D eigenvalue weighted by atomic mass is 10.1. The Morgan fingerprint density at radius 2 is 1.86 bits per heavy atom. The van der Waals surface area contributed by atoms with Gasteiger partial charge in [-0.05, 0) is 50.2 Å². The van der Waals surface area contributed by atoms with Gasteiger partial charge in [0.05, 0.1) is 0 Å². The monoisotopic (exact) mass is 332 g/mol. The van der Waals surface area contributed by atoms with Crippen LogP contribution < -0.4 is 10.1 Å². The standard InChI is InChI=1S/C15H19ClF2N2O2/c16-15(17,18)22-13-6-4-12(5-7-13)19-14(21)8-11-20-9-2-1-3-10-20/h4-7H,1-3,8-11H2,(H,19,21). The first-order valence-electron chi connectivity index (χ1n) is 7.30. The van der Waals surface area contributed by atoms with Crippen LogP contribution in [0, 0.1) is 0 Å². The maximum atomic E-state index is 12.5. The lowest BCUT2D eigenvalue weighted by Gasteiger charge is -2.25. The first-order valence-corrected chi connectivity index (χ1v) is 7.68. The van der Waals surface area contributed by atoms with Crippen molar-refractivity contribution in [2.24, 2.45) is 0 Å². The summed E-state index contributed by atoms with van der Waals surface area (Å²) in [5.41, 5.74) is -3.20. The summed E-state index contributed by atoms with van der Waals surface area (Å²) in [6, 6.07) is 5.65. The Morgan fingerprint density at radius 3 is 2.45 bits per heavy atom. The van der Waals surface area contributed by atoms with Crippen molar-refractivity contribution in [2.75, 3.05) is 25.0 Å². The van der Waals surface area contributed by atoms with E-state index in [2.05, 4.69) is 26.6 Å². The van der Waals surface area contributed by atoms with Gasteiger partial charge in [0.2, 0.25) is 5.91 Å². The molecule has 0 saturated carbocycles. The fourth-order valence-corrected chi connectivity index (χ4v) is 2.50. The molecule has 1 aliphatic rings. The largest absolute Gasteiger partial charge is 0.487 e. The minimum atomic E-state index is -3.74. The number of anilines is 1. The molecule has 0 unspecified atom stereocenters. The molecule has 0 bridgehead atoms. The van der Waals surface area contributed by atoms with Crippen molar-refractivity contribution in [1.29, 1.82) is 0 Å². The number of carbonyl (C=O) groups excluding carboxylic acids is 1. The first-order chi connectivity index (χ1) is 10.4. The third-order valence-electron chi connectivity index (χ3n) is 3.48. The summed E-state index contributed by atoms with van der Waals surface area (Å²) in [7, 11) is 0. The highest BCUT2D eigenvalue weighted by Crippen LogP contribution is 2.25. The number of likely N-dealkylation sites (tertiary alicyclic amines) is 1. The predicted molar refractivity (Wildman–Crippen MR) is 81.4 cm³/mol. The van der Waals surface area contributed by atoms with Crippen LogP contribution in [-0.2, 0) is 4.79 Å². The van der Waals surface area contributed by atoms with E-state index in [0.29, 0.717) is 12.1 Å². The molecule has 0 radical (unpaired) electrons. The molecule has 7 heteroatoms. The summed E-state index contributed by atoms with van der Waals surface area (Å²) in [5.74, 6) is -0.159. The molecule has 0 spiro atoms. The van der Waals surface area contributed by atoms with E-state index in [4.69, 9.17) is 0 Å². The van der Waals surface area contributed by atoms with Crippen molar-refractivity contribution in [1.82, 2.24) is 4.90 Å². The zero-order chi connectivity index (χ0) is 16.0. The second-order valence-electron chi connectivity index (χ2n) is 5.27. The average molecular weight is 333 g/mol. The van der Waals surface area contributed by atoms with Gasteiger partial charge in [-0.15, -0.1) is 8.78 Å². The van der Waals surface area contributed by atoms with Crippen LogP contribution in [0.4, 0.5) is 14.5 Å². The molecule has 4 nitrogen and oxygen atoms in total. The number of ether oxygens (including phenoxy) is 1. The smallest absolute Gasteiger partial charge is 0.420 e. The van der Waals surface area contributed by atoms with E-state index >= 15 is 0 Å². The molecule has 1 fully saturated rings. The molecule has 1 N–H and O–H groups in total. The van der Waals surface area contributed by atoms with Crippen molar-refractivity contribution in [3.05, 3.63) is 24.3 Å². The lowest BCUT2D eigenvalue weighted by molar-refractivity contribution is -0.116. The van der Waals surface area contributed by atoms with Gasteiger partial charge in [-0.25, -0.2) is 0 Å². The van der Waals surface area contributed by atoms with Gasteiger partial charge in [0.1, 0.15) is 5.75 Å². The number of nitrogens with one attached hydrogen (secondary N) is 1. The minimum absolute atomic E-state index is 0.0636. The Bertz CT molecular complexity index is 485. The number of nitrogens with zero attached hydrogens (tertiary/aromatic N) is 1. The van der Waals surface area contributed by atoms with Gasteiger partial charge in [0.15, 0.2) is 0 Å². The van der Waals surface area contributed by atoms with Gasteiger partial charge in [-0.2, -0.15) is 0 Å². The minimum Gasteiger partial charge on any atom is -0.420 e. The molecular weight excluding hydrogens is 314 g/mol. The summed E-state index contributed by atoms with van der Waals surface area (Å²) < 4.78 is 29.1. The molecular formula is C15H19ClF2N2O2. The van der Waals surface area contributed by atoms with E-state index in [0.717, 1.165) is 19.6 Å². The molecule has 0 atom stereocenters. The van der Waals surface area contributed by atoms with E-state index < -0.39 is 5.57 Å². The summed E-state index contributed by atoms with van der Waals surface area (Å²) in [6.45, 7) is 2.84. The van der Waals surface area contributed by atoms with Crippen LogP contribution >= 0.6 is 11.6 Å². The highest BCUT2D eigenvalue weighted by Gasteiger charge is 2.27. The fraction of sp³-hybridized carbons (Fsp3) is 0.533. The van der Waals surface area contributed by atoms with Gasteiger partial charge in [0, 0.05) is 30.3 Å². The molecule has 1 heterocycles. The van der Waals surface area contributed by atoms with Crippen molar-refractivity contribution in [2.45, 2.75) is 31.3 Å². The normalized spacial score (nSPS) is 16.3. The SMILES string of the molecule is O=C(CCN1CCCCC1)Nc1ccc(OC(F)(F)Cl)cc1. The number of hydrogen-bond acceptors (Lipinski definition) is 3. The predicted octanol–water partition coefficient (Wildman–Crippen LogP) is 3.67. The van der Waals surface area contributed by atoms with Crippen LogP contribution in [0.1, 0.15) is 25.7 Å². The summed E-state index contributed by atoms with van der Waals surface area (Å²) in [6.07, 6.45) is 4.05. The molecule has 22 heavy (non-hydrogen) atoms. The Kier molecular flexibility index (Phi) is 5.97. The van der Waals surface area contributed by atoms with Crippen molar-refractivity contribution >= 4 is 23.2 Å². The number of alkyl halides is 3. The van der Waals surface area contributed by atoms with Gasteiger partial charge >= 0.3 is 5.57 Å². The third-order valence-corrected chi connectivity index (χ3v) is 3.55. The van der Waals surface area contributed by atoms with E-state index in [1.54, 1.807) is 0 Å². The lowest BCUT2D eigenvalue weighted by Crippen LogP contribution is -2.32. The molecule has 1 saturated heterocycles. The van der Waals surface area contributed by atoms with Crippen LogP contribution in [0.25, 0.3) is 0 Å². The summed E-state index contributed by atoms with van der Waals surface area (Å²) >= 11 is 4.68. The molecule has 122 valence electrons. The highest BCUT2D eigenvalue weighted by atomic mass is 35.5. The number of rotatable bonds is 6. The first kappa shape index (κ1) is 17.0. The second-order valence-corrected chi connectivity index (χ2v) is 5.71. The highest BCUT2D eigenvalue weighted by molar-refractivity contribution is 6.20. The van der Waals surface area contributed by atoms with Crippen LogP contribution in [0.15, 0.2) is 24.3 Å². The summed E-state index contributed by atoms with van der Waals surface area (Å²) in [4.78, 5) is 14.1. The van der Waals surface area contributed by atoms with Crippen LogP contribution in [0.2, 0.25) is 0 Å². The van der Waals surface area contributed by atoms with Crippen molar-refractivity contribution in [3.8, 4) is 5.75 Å². The van der Waals surface area contributed by atoms with Gasteiger partial charge in [-0.1, -0.05) is 6.42 Å². The van der Waals surface area contributed by atoms with E-state index in [1.807, 2.05) is 0 Å². The molecule has 0 aliphatic carbocycles. The van der Waals surface area contributed by atoms with Gasteiger partial charge in [-0.3, -0.25) is 4.79 Å². The number of halogens is 3. The van der Waals surface area contributed by atoms with Gasteiger partial charge < -0.3 is 15.0 Å². The van der Waals surface area contributed by atoms with Crippen LogP contribution in [0.5, 0.6) is 5.75 Å². The van der Waals surface area contributed by atoms with E-state index in [-0.39, 0.29) is 11.7 Å². The second kappa shape index (κ2) is 7.74. The molecule has 0 aromatic heterocycles. The number of carbonyl (C=O) groups is 1. The van der Waals surface area contributed by atoms with Crippen LogP contribution in [-0.4, -0.2) is 36.0 Å². The number of hydrogen-bond donors (Lipinski definition) is 1. The molecule has 2 rings (SSSR count). The Labute approximate surface area is 133 Å². The van der Waals surface area contributed by atoms with Crippen molar-refractivity contribution in [3.63, 3.8) is 0 Å². The number of benzene rings is 1. The maximum absolute atomic E-state index is 12.5. The Balaban J connectivity index is 1.76. The Hall–Kier alpha value is -1.40. The molecule has 1 amide bonds. The van der Waals surface area contributed by atoms with Crippen LogP contribution in [0.3, 0.4) is 0 Å². The van der Waals surface area contributed by atoms with E-state index in [1.165, 1.54) is 43.5 Å². The van der Waals surface area contributed by atoms with E-state index in [9.17, 15) is 13.6 Å². The van der Waals surface area contributed by atoms with Crippen molar-refractivity contribution < 1.29 is 18.3 Å². The number of piperidine rings is 1. The average Bonchev–Trinajstić information content (AvgIpc) is 2.47. The zero-order valence-electron chi connectivity index (χ0n) is 12.2. The summed E-state index contributed by atoms with van der Waals surface area (Å²) in [5, 5.41) is 2.73. The topological polar surface area (TPSA) is 41.6 Å². The molecule has 1 aliphatic heterocycles. The Morgan fingerprint density at radius 1 is 1.23 bits per heavy atom. The molecule has 1 aromatic rings. The quantitative estimate of drug-likeness (QED) is 0.808. The fourth-order valence-electron chi connectivity index (χ4n) is 2.41. The van der Waals surface area contributed by atoms with Gasteiger partial charge in [0.25, 0.3) is 0 Å². The number of amides is 1. The maximum Gasteiger partial charge on any atom is 0.487 e. The zero-order valence-corrected chi connectivity index (χ0v) is 12.9. The molecule has 1 aromatic carbocycles. The third kappa shape index (κ3) is 6.15.